The second-order valence-corrected chi connectivity index (χ2v) is 3.96. The van der Waals surface area contributed by atoms with E-state index >= 15 is 0 Å². The first-order valence-corrected chi connectivity index (χ1v) is 5.72. The maximum atomic E-state index is 11.3. The molecule has 2 N–H and O–H groups in total. The summed E-state index contributed by atoms with van der Waals surface area (Å²) < 4.78 is 0. The maximum absolute atomic E-state index is 11.3. The van der Waals surface area contributed by atoms with Crippen LogP contribution in [0.4, 0.5) is 0 Å². The van der Waals surface area contributed by atoms with E-state index in [1.807, 2.05) is 0 Å². The van der Waals surface area contributed by atoms with Gasteiger partial charge in [0.2, 0.25) is 0 Å². The molecule has 0 amide bonds. The lowest BCUT2D eigenvalue weighted by Crippen LogP contribution is -2.21. The van der Waals surface area contributed by atoms with Crippen molar-refractivity contribution in [3.05, 3.63) is 35.4 Å². The van der Waals surface area contributed by atoms with Gasteiger partial charge in [-0.2, -0.15) is 0 Å². The highest BCUT2D eigenvalue weighted by molar-refractivity contribution is 9.09. The first-order chi connectivity index (χ1) is 7.07. The lowest BCUT2D eigenvalue weighted by molar-refractivity contribution is 0.0337. The van der Waals surface area contributed by atoms with Crippen LogP contribution >= 0.6 is 15.9 Å². The molecule has 0 bridgehead atoms. The number of benzene rings is 1. The molecule has 0 heterocycles. The zero-order valence-corrected chi connectivity index (χ0v) is 9.94. The molecule has 1 aromatic carbocycles. The minimum absolute atomic E-state index is 0.119. The summed E-state index contributed by atoms with van der Waals surface area (Å²) in [6.45, 7) is 1.44. The van der Waals surface area contributed by atoms with E-state index < -0.39 is 12.2 Å². The smallest absolute Gasteiger partial charge is 0.160 e. The van der Waals surface area contributed by atoms with Crippen molar-refractivity contribution in [2.75, 3.05) is 5.33 Å². The van der Waals surface area contributed by atoms with E-state index in [2.05, 4.69) is 15.9 Å². The Morgan fingerprint density at radius 3 is 2.53 bits per heavy atom. The summed E-state index contributed by atoms with van der Waals surface area (Å²) in [5, 5.41) is 19.5. The van der Waals surface area contributed by atoms with E-state index in [9.17, 15) is 15.0 Å². The summed E-state index contributed by atoms with van der Waals surface area (Å²) in [7, 11) is 0. The van der Waals surface area contributed by atoms with Crippen molar-refractivity contribution >= 4 is 21.7 Å². The number of rotatable bonds is 4. The molecule has 0 fully saturated rings. The number of alkyl halides is 1. The molecule has 0 aliphatic rings. The molecular weight excluding hydrogens is 260 g/mol. The Hall–Kier alpha value is -0.710. The number of ketones is 1. The molecule has 2 unspecified atom stereocenters. The fourth-order valence-electron chi connectivity index (χ4n) is 1.37. The van der Waals surface area contributed by atoms with Gasteiger partial charge in [-0.3, -0.25) is 4.79 Å². The minimum atomic E-state index is -1.04. The van der Waals surface area contributed by atoms with Gasteiger partial charge in [0.05, 0.1) is 6.10 Å². The van der Waals surface area contributed by atoms with E-state index in [0.29, 0.717) is 11.1 Å². The zero-order chi connectivity index (χ0) is 11.4. The molecule has 1 aromatic rings. The molecule has 0 spiro atoms. The largest absolute Gasteiger partial charge is 0.389 e. The van der Waals surface area contributed by atoms with Crippen molar-refractivity contribution in [1.82, 2.24) is 0 Å². The molecule has 2 atom stereocenters. The molecule has 4 heteroatoms. The lowest BCUT2D eigenvalue weighted by atomic mass is 9.97. The average Bonchev–Trinajstić information content (AvgIpc) is 2.27. The summed E-state index contributed by atoms with van der Waals surface area (Å²) in [6.07, 6.45) is -1.95. The van der Waals surface area contributed by atoms with E-state index in [-0.39, 0.29) is 11.1 Å². The van der Waals surface area contributed by atoms with Gasteiger partial charge >= 0.3 is 0 Å². The molecule has 15 heavy (non-hydrogen) atoms. The zero-order valence-electron chi connectivity index (χ0n) is 8.35. The average molecular weight is 273 g/mol. The van der Waals surface area contributed by atoms with Gasteiger partial charge < -0.3 is 10.2 Å². The highest BCUT2D eigenvalue weighted by atomic mass is 79.9. The first-order valence-electron chi connectivity index (χ1n) is 4.60. The van der Waals surface area contributed by atoms with Crippen LogP contribution in [0, 0.1) is 0 Å². The third-order valence-corrected chi connectivity index (χ3v) is 2.84. The van der Waals surface area contributed by atoms with Gasteiger partial charge in [0.1, 0.15) is 6.10 Å². The van der Waals surface area contributed by atoms with Gasteiger partial charge in [-0.1, -0.05) is 40.2 Å². The highest BCUT2D eigenvalue weighted by Crippen LogP contribution is 2.22. The Balaban J connectivity index is 3.07. The Morgan fingerprint density at radius 2 is 2.00 bits per heavy atom. The number of aliphatic hydroxyl groups excluding tert-OH is 2. The number of hydrogen-bond acceptors (Lipinski definition) is 3. The van der Waals surface area contributed by atoms with Crippen molar-refractivity contribution in [3.8, 4) is 0 Å². The highest BCUT2D eigenvalue weighted by Gasteiger charge is 2.20. The summed E-state index contributed by atoms with van der Waals surface area (Å²) in [5.74, 6) is -0.119. The van der Waals surface area contributed by atoms with Crippen LogP contribution in [0.15, 0.2) is 24.3 Å². The number of hydrogen-bond donors (Lipinski definition) is 2. The third-order valence-electron chi connectivity index (χ3n) is 2.18. The number of carbonyl (C=O) groups excluding carboxylic acids is 1. The van der Waals surface area contributed by atoms with Crippen molar-refractivity contribution in [3.63, 3.8) is 0 Å². The van der Waals surface area contributed by atoms with Crippen LogP contribution in [0.2, 0.25) is 0 Å². The normalized spacial score (nSPS) is 14.7. The predicted molar refractivity (Wildman–Crippen MR) is 61.2 cm³/mol. The molecular formula is C11H13BrO3. The monoisotopic (exact) mass is 272 g/mol. The summed E-state index contributed by atoms with van der Waals surface area (Å²) in [4.78, 5) is 11.3. The van der Waals surface area contributed by atoms with Gasteiger partial charge in [-0.05, 0) is 12.5 Å². The SMILES string of the molecule is CC(=O)c1ccccc1C(O)C(O)CBr. The van der Waals surface area contributed by atoms with Gasteiger partial charge in [0.15, 0.2) is 5.78 Å². The minimum Gasteiger partial charge on any atom is -0.389 e. The van der Waals surface area contributed by atoms with Gasteiger partial charge in [0, 0.05) is 10.9 Å². The molecule has 82 valence electrons. The van der Waals surface area contributed by atoms with Crippen LogP contribution in [-0.4, -0.2) is 27.4 Å². The molecule has 0 radical (unpaired) electrons. The van der Waals surface area contributed by atoms with Crippen LogP contribution in [-0.2, 0) is 0 Å². The molecule has 0 aliphatic heterocycles. The Morgan fingerprint density at radius 1 is 1.40 bits per heavy atom. The van der Waals surface area contributed by atoms with E-state index in [4.69, 9.17) is 0 Å². The number of Topliss-reactive ketones (excluding diaryl/α,β-unsaturated/α-hetero) is 1. The third kappa shape index (κ3) is 2.87. The van der Waals surface area contributed by atoms with Gasteiger partial charge in [0.25, 0.3) is 0 Å². The van der Waals surface area contributed by atoms with E-state index in [0.717, 1.165) is 0 Å². The van der Waals surface area contributed by atoms with E-state index in [1.165, 1.54) is 6.92 Å². The summed E-state index contributed by atoms with van der Waals surface area (Å²) in [5.41, 5.74) is 0.918. The Kier molecular flexibility index (Phi) is 4.45. The Labute approximate surface area is 96.9 Å². The van der Waals surface area contributed by atoms with Crippen LogP contribution in [0.1, 0.15) is 28.9 Å². The topological polar surface area (TPSA) is 57.5 Å². The maximum Gasteiger partial charge on any atom is 0.160 e. The predicted octanol–water partition coefficient (Wildman–Crippen LogP) is 1.68. The lowest BCUT2D eigenvalue weighted by Gasteiger charge is -2.18. The number of aliphatic hydroxyl groups is 2. The molecule has 3 nitrogen and oxygen atoms in total. The van der Waals surface area contributed by atoms with Crippen LogP contribution < -0.4 is 0 Å². The standard InChI is InChI=1S/C11H13BrO3/c1-7(13)8-4-2-3-5-9(8)11(15)10(14)6-12/h2-5,10-11,14-15H,6H2,1H3. The Bertz CT molecular complexity index is 351. The molecule has 0 aromatic heterocycles. The molecule has 0 saturated heterocycles. The van der Waals surface area contributed by atoms with Crippen molar-refractivity contribution in [2.45, 2.75) is 19.1 Å². The quantitative estimate of drug-likeness (QED) is 0.648. The van der Waals surface area contributed by atoms with Crippen molar-refractivity contribution in [1.29, 1.82) is 0 Å². The number of carbonyl (C=O) groups is 1. The van der Waals surface area contributed by atoms with Crippen molar-refractivity contribution in [2.24, 2.45) is 0 Å². The van der Waals surface area contributed by atoms with Crippen LogP contribution in [0.3, 0.4) is 0 Å². The fraction of sp³-hybridized carbons (Fsp3) is 0.364. The molecule has 0 saturated carbocycles. The summed E-state index contributed by atoms with van der Waals surface area (Å²) >= 11 is 3.08. The second-order valence-electron chi connectivity index (χ2n) is 3.31. The summed E-state index contributed by atoms with van der Waals surface area (Å²) in [6, 6.07) is 6.74. The van der Waals surface area contributed by atoms with Crippen LogP contribution in [0.5, 0.6) is 0 Å². The van der Waals surface area contributed by atoms with Gasteiger partial charge in [-0.15, -0.1) is 0 Å². The van der Waals surface area contributed by atoms with Crippen LogP contribution in [0.25, 0.3) is 0 Å². The van der Waals surface area contributed by atoms with E-state index in [1.54, 1.807) is 24.3 Å². The molecule has 1 rings (SSSR count). The number of halogens is 1. The molecule has 0 aliphatic carbocycles. The first kappa shape index (κ1) is 12.4. The second kappa shape index (κ2) is 5.39. The van der Waals surface area contributed by atoms with Gasteiger partial charge in [-0.25, -0.2) is 0 Å². The van der Waals surface area contributed by atoms with Crippen molar-refractivity contribution < 1.29 is 15.0 Å². The fourth-order valence-corrected chi connectivity index (χ4v) is 1.72.